The second-order valence-corrected chi connectivity index (χ2v) is 9.89. The predicted octanol–water partition coefficient (Wildman–Crippen LogP) is 6.30. The Kier molecular flexibility index (Phi) is 7.49. The Balaban J connectivity index is 1.60. The summed E-state index contributed by atoms with van der Waals surface area (Å²) in [7, 11) is 3.85. The Morgan fingerprint density at radius 2 is 1.79 bits per heavy atom. The number of pyridine rings is 1. The molecule has 0 saturated heterocycles. The molecule has 0 spiro atoms. The van der Waals surface area contributed by atoms with E-state index in [9.17, 15) is 9.18 Å². The molecule has 2 heterocycles. The molecule has 38 heavy (non-hydrogen) atoms. The summed E-state index contributed by atoms with van der Waals surface area (Å²) >= 11 is 6.26. The van der Waals surface area contributed by atoms with Crippen molar-refractivity contribution in [3.63, 3.8) is 0 Å². The van der Waals surface area contributed by atoms with Crippen molar-refractivity contribution < 1.29 is 9.18 Å². The van der Waals surface area contributed by atoms with E-state index in [0.717, 1.165) is 27.6 Å². The van der Waals surface area contributed by atoms with Crippen LogP contribution in [0.2, 0.25) is 5.02 Å². The molecule has 5 rings (SSSR count). The number of hydrogen-bond donors (Lipinski definition) is 1. The van der Waals surface area contributed by atoms with E-state index in [4.69, 9.17) is 11.6 Å². The third-order valence-electron chi connectivity index (χ3n) is 6.44. The van der Waals surface area contributed by atoms with Crippen LogP contribution in [0.1, 0.15) is 17.2 Å². The fourth-order valence-corrected chi connectivity index (χ4v) is 4.96. The molecular formula is C30H27ClFN5O. The van der Waals surface area contributed by atoms with Gasteiger partial charge in [0.05, 0.1) is 30.7 Å². The highest BCUT2D eigenvalue weighted by molar-refractivity contribution is 6.30. The molecule has 1 unspecified atom stereocenters. The fourth-order valence-electron chi connectivity index (χ4n) is 4.73. The van der Waals surface area contributed by atoms with Crippen molar-refractivity contribution in [2.75, 3.05) is 25.5 Å². The van der Waals surface area contributed by atoms with Gasteiger partial charge >= 0.3 is 0 Å². The lowest BCUT2D eigenvalue weighted by Crippen LogP contribution is -2.41. The van der Waals surface area contributed by atoms with Crippen LogP contribution in [-0.2, 0) is 11.2 Å². The summed E-state index contributed by atoms with van der Waals surface area (Å²) in [6.45, 7) is 0.460. The summed E-state index contributed by atoms with van der Waals surface area (Å²) in [6, 6.07) is 19.5. The molecular weight excluding hydrogens is 501 g/mol. The summed E-state index contributed by atoms with van der Waals surface area (Å²) < 4.78 is 14.5. The first-order valence-corrected chi connectivity index (χ1v) is 12.6. The topological polar surface area (TPSA) is 65.1 Å². The first kappa shape index (κ1) is 25.6. The lowest BCUT2D eigenvalue weighted by Gasteiger charge is -2.34. The molecule has 8 heteroatoms. The summed E-state index contributed by atoms with van der Waals surface area (Å²) in [6.07, 6.45) is 7.02. The third kappa shape index (κ3) is 5.59. The van der Waals surface area contributed by atoms with Gasteiger partial charge in [0.2, 0.25) is 5.91 Å². The number of H-pyrrole nitrogens is 1. The van der Waals surface area contributed by atoms with Crippen LogP contribution in [0.25, 0.3) is 22.0 Å². The molecule has 0 radical (unpaired) electrons. The van der Waals surface area contributed by atoms with E-state index in [1.54, 1.807) is 35.9 Å². The number of likely N-dealkylation sites (N-methyl/N-ethyl adjacent to an activating group) is 1. The number of carbonyl (C=O) groups is 1. The van der Waals surface area contributed by atoms with Crippen molar-refractivity contribution in [2.24, 2.45) is 0 Å². The standard InChI is InChI=1S/C30H27ClFN5O/c1-36(2)18-29(22-11-24(31)14-25(32)12-22)37(26-9-7-20(8-10-26)28-17-34-19-35-28)30(38)13-23-16-33-15-21-5-3-4-6-27(21)23/h3-12,14-17,19,29H,13,18H2,1-2H3,(H,34,35). The van der Waals surface area contributed by atoms with Crippen molar-refractivity contribution in [1.82, 2.24) is 19.9 Å². The Morgan fingerprint density at radius 1 is 1.00 bits per heavy atom. The number of nitrogens with one attached hydrogen (secondary N) is 1. The van der Waals surface area contributed by atoms with Gasteiger partial charge in [0.15, 0.2) is 0 Å². The van der Waals surface area contributed by atoms with E-state index in [0.29, 0.717) is 17.8 Å². The maximum absolute atomic E-state index is 14.5. The number of carbonyl (C=O) groups excluding carboxylic acids is 1. The molecule has 0 aliphatic heterocycles. The maximum atomic E-state index is 14.5. The number of anilines is 1. The smallest absolute Gasteiger partial charge is 0.232 e. The number of benzene rings is 3. The van der Waals surface area contributed by atoms with Crippen LogP contribution in [-0.4, -0.2) is 46.4 Å². The lowest BCUT2D eigenvalue weighted by atomic mass is 10.00. The summed E-state index contributed by atoms with van der Waals surface area (Å²) in [5.41, 5.74) is 3.95. The number of aromatic nitrogens is 3. The zero-order valence-electron chi connectivity index (χ0n) is 21.1. The zero-order chi connectivity index (χ0) is 26.6. The van der Waals surface area contributed by atoms with Crippen LogP contribution >= 0.6 is 11.6 Å². The first-order chi connectivity index (χ1) is 18.4. The van der Waals surface area contributed by atoms with E-state index in [2.05, 4.69) is 15.0 Å². The Hall–Kier alpha value is -4.07. The van der Waals surface area contributed by atoms with E-state index in [1.807, 2.05) is 67.5 Å². The first-order valence-electron chi connectivity index (χ1n) is 12.2. The summed E-state index contributed by atoms with van der Waals surface area (Å²) in [4.78, 5) is 29.4. The molecule has 0 bridgehead atoms. The van der Waals surface area contributed by atoms with Crippen LogP contribution in [0, 0.1) is 5.82 Å². The van der Waals surface area contributed by atoms with Crippen molar-refractivity contribution in [3.8, 4) is 11.3 Å². The molecule has 1 atom stereocenters. The molecule has 1 amide bonds. The van der Waals surface area contributed by atoms with Gasteiger partial charge in [0.25, 0.3) is 0 Å². The molecule has 6 nitrogen and oxygen atoms in total. The predicted molar refractivity (Wildman–Crippen MR) is 150 cm³/mol. The van der Waals surface area contributed by atoms with Gasteiger partial charge in [-0.1, -0.05) is 48.0 Å². The SMILES string of the molecule is CN(C)CC(c1cc(F)cc(Cl)c1)N(C(=O)Cc1cncc2ccccc12)c1ccc(-c2cnc[nH]2)cc1. The monoisotopic (exact) mass is 527 g/mol. The number of hydrogen-bond acceptors (Lipinski definition) is 4. The summed E-state index contributed by atoms with van der Waals surface area (Å²) in [5, 5.41) is 2.22. The van der Waals surface area contributed by atoms with Crippen LogP contribution < -0.4 is 4.90 Å². The van der Waals surface area contributed by atoms with Gasteiger partial charge in [0.1, 0.15) is 5.82 Å². The molecule has 2 aromatic heterocycles. The molecule has 3 aromatic carbocycles. The second kappa shape index (κ2) is 11.1. The molecule has 5 aromatic rings. The maximum Gasteiger partial charge on any atom is 0.232 e. The third-order valence-corrected chi connectivity index (χ3v) is 6.65. The molecule has 1 N–H and O–H groups in total. The second-order valence-electron chi connectivity index (χ2n) is 9.45. The quantitative estimate of drug-likeness (QED) is 0.257. The van der Waals surface area contributed by atoms with Gasteiger partial charge in [-0.2, -0.15) is 0 Å². The van der Waals surface area contributed by atoms with Crippen molar-refractivity contribution in [2.45, 2.75) is 12.5 Å². The number of nitrogens with zero attached hydrogens (tertiary/aromatic N) is 4. The van der Waals surface area contributed by atoms with Crippen LogP contribution in [0.5, 0.6) is 0 Å². The van der Waals surface area contributed by atoms with Gasteiger partial charge in [-0.3, -0.25) is 9.78 Å². The number of halogens is 2. The normalized spacial score (nSPS) is 12.1. The van der Waals surface area contributed by atoms with Crippen molar-refractivity contribution in [1.29, 1.82) is 0 Å². The van der Waals surface area contributed by atoms with Crippen LogP contribution in [0.3, 0.4) is 0 Å². The van der Waals surface area contributed by atoms with E-state index in [1.165, 1.54) is 12.1 Å². The fraction of sp³-hybridized carbons (Fsp3) is 0.167. The average molecular weight is 528 g/mol. The molecule has 192 valence electrons. The van der Waals surface area contributed by atoms with Gasteiger partial charge in [0, 0.05) is 35.0 Å². The zero-order valence-corrected chi connectivity index (χ0v) is 21.9. The highest BCUT2D eigenvalue weighted by atomic mass is 35.5. The van der Waals surface area contributed by atoms with E-state index in [-0.39, 0.29) is 17.4 Å². The molecule has 0 fully saturated rings. The number of rotatable bonds is 8. The van der Waals surface area contributed by atoms with Gasteiger partial charge in [-0.15, -0.1) is 0 Å². The molecule has 0 saturated carbocycles. The number of aromatic amines is 1. The minimum absolute atomic E-state index is 0.129. The number of amides is 1. The van der Waals surface area contributed by atoms with Gasteiger partial charge in [-0.05, 0) is 66.5 Å². The average Bonchev–Trinajstić information content (AvgIpc) is 3.43. The lowest BCUT2D eigenvalue weighted by molar-refractivity contribution is -0.118. The summed E-state index contributed by atoms with van der Waals surface area (Å²) in [5.74, 6) is -0.582. The highest BCUT2D eigenvalue weighted by Gasteiger charge is 2.29. The van der Waals surface area contributed by atoms with Crippen molar-refractivity contribution in [3.05, 3.63) is 114 Å². The van der Waals surface area contributed by atoms with E-state index >= 15 is 0 Å². The molecule has 0 aliphatic rings. The highest BCUT2D eigenvalue weighted by Crippen LogP contribution is 2.33. The Bertz CT molecular complexity index is 1530. The van der Waals surface area contributed by atoms with Gasteiger partial charge < -0.3 is 14.8 Å². The van der Waals surface area contributed by atoms with Crippen LogP contribution in [0.4, 0.5) is 10.1 Å². The van der Waals surface area contributed by atoms with Crippen molar-refractivity contribution >= 4 is 34.0 Å². The Labute approximate surface area is 225 Å². The minimum Gasteiger partial charge on any atom is -0.345 e. The number of imidazole rings is 1. The minimum atomic E-state index is -0.494. The Morgan fingerprint density at radius 3 is 2.50 bits per heavy atom. The molecule has 0 aliphatic carbocycles. The van der Waals surface area contributed by atoms with Crippen LogP contribution in [0.15, 0.2) is 91.6 Å². The van der Waals surface area contributed by atoms with Gasteiger partial charge in [-0.25, -0.2) is 9.37 Å². The number of fused-ring (bicyclic) bond motifs is 1. The van der Waals surface area contributed by atoms with E-state index < -0.39 is 11.9 Å². The largest absolute Gasteiger partial charge is 0.345 e.